The maximum atomic E-state index is 12.4. The molecule has 3 rings (SSSR count). The van der Waals surface area contributed by atoms with E-state index in [9.17, 15) is 8.42 Å². The molecule has 0 amide bonds. The molecule has 7 nitrogen and oxygen atoms in total. The largest absolute Gasteiger partial charge is 0.271 e. The molecule has 0 aliphatic rings. The van der Waals surface area contributed by atoms with Gasteiger partial charge in [0.2, 0.25) is 10.0 Å². The topological polar surface area (TPSA) is 89.8 Å². The van der Waals surface area contributed by atoms with Crippen molar-refractivity contribution in [3.05, 3.63) is 34.6 Å². The monoisotopic (exact) mass is 415 g/mol. The minimum Gasteiger partial charge on any atom is -0.271 e. The van der Waals surface area contributed by atoms with Crippen LogP contribution in [0.5, 0.6) is 0 Å². The molecule has 1 aromatic carbocycles. The standard InChI is InChI=1S/C13H14BrN5O2S2/c1-9-10(14)8-19(16-9)7-3-6-15-23(20,21)12-5-2-4-11-13(12)18-22-17-11/h2,4-5,8,15H,3,6-7H2,1H3. The predicted molar refractivity (Wildman–Crippen MR) is 91.9 cm³/mol. The molecule has 0 atom stereocenters. The SMILES string of the molecule is Cc1nn(CCCNS(=O)(=O)c2cccc3nsnc23)cc1Br. The van der Waals surface area contributed by atoms with Crippen LogP contribution < -0.4 is 4.72 Å². The van der Waals surface area contributed by atoms with Crippen molar-refractivity contribution < 1.29 is 8.42 Å². The van der Waals surface area contributed by atoms with E-state index in [0.29, 0.717) is 30.5 Å². The Bertz CT molecular complexity index is 915. The van der Waals surface area contributed by atoms with E-state index in [4.69, 9.17) is 0 Å². The summed E-state index contributed by atoms with van der Waals surface area (Å²) in [5.41, 5.74) is 1.92. The quantitative estimate of drug-likeness (QED) is 0.623. The summed E-state index contributed by atoms with van der Waals surface area (Å²) in [6.07, 6.45) is 2.52. The van der Waals surface area contributed by atoms with Crippen molar-refractivity contribution >= 4 is 48.7 Å². The van der Waals surface area contributed by atoms with Gasteiger partial charge in [0, 0.05) is 19.3 Å². The van der Waals surface area contributed by atoms with Crippen molar-refractivity contribution in [3.8, 4) is 0 Å². The van der Waals surface area contributed by atoms with E-state index in [1.807, 2.05) is 13.1 Å². The molecule has 0 saturated carbocycles. The van der Waals surface area contributed by atoms with Gasteiger partial charge in [0.15, 0.2) is 0 Å². The minimum absolute atomic E-state index is 0.168. The van der Waals surface area contributed by atoms with Crippen molar-refractivity contribution in [1.82, 2.24) is 23.2 Å². The van der Waals surface area contributed by atoms with E-state index in [1.165, 1.54) is 0 Å². The number of hydrogen-bond donors (Lipinski definition) is 1. The number of aryl methyl sites for hydroxylation is 2. The Morgan fingerprint density at radius 1 is 1.35 bits per heavy atom. The zero-order chi connectivity index (χ0) is 16.4. The zero-order valence-corrected chi connectivity index (χ0v) is 15.4. The van der Waals surface area contributed by atoms with E-state index in [-0.39, 0.29) is 4.90 Å². The minimum atomic E-state index is -3.60. The number of rotatable bonds is 6. The number of aromatic nitrogens is 4. The Morgan fingerprint density at radius 2 is 2.17 bits per heavy atom. The Labute approximate surface area is 146 Å². The van der Waals surface area contributed by atoms with Crippen molar-refractivity contribution in [2.24, 2.45) is 0 Å². The van der Waals surface area contributed by atoms with Gasteiger partial charge in [-0.2, -0.15) is 13.8 Å². The number of fused-ring (bicyclic) bond motifs is 1. The number of nitrogens with one attached hydrogen (secondary N) is 1. The summed E-state index contributed by atoms with van der Waals surface area (Å²) in [5.74, 6) is 0. The first kappa shape index (κ1) is 16.5. The first-order valence-corrected chi connectivity index (χ1v) is 9.88. The summed E-state index contributed by atoms with van der Waals surface area (Å²) in [6, 6.07) is 4.96. The van der Waals surface area contributed by atoms with Crippen LogP contribution in [0.4, 0.5) is 0 Å². The summed E-state index contributed by atoms with van der Waals surface area (Å²) >= 11 is 4.40. The van der Waals surface area contributed by atoms with Crippen LogP contribution in [0.2, 0.25) is 0 Å². The molecule has 0 saturated heterocycles. The van der Waals surface area contributed by atoms with Gasteiger partial charge in [-0.05, 0) is 41.4 Å². The molecular weight excluding hydrogens is 402 g/mol. The second-order valence-corrected chi connectivity index (χ2v) is 8.08. The van der Waals surface area contributed by atoms with Crippen molar-refractivity contribution in [2.75, 3.05) is 6.54 Å². The Kier molecular flexibility index (Phi) is 4.76. The molecule has 0 unspecified atom stereocenters. The molecule has 3 aromatic rings. The van der Waals surface area contributed by atoms with E-state index in [0.717, 1.165) is 21.9 Å². The average Bonchev–Trinajstić information content (AvgIpc) is 3.10. The second kappa shape index (κ2) is 6.63. The van der Waals surface area contributed by atoms with Crippen molar-refractivity contribution in [2.45, 2.75) is 24.8 Å². The van der Waals surface area contributed by atoms with Crippen LogP contribution in [-0.2, 0) is 16.6 Å². The first-order chi connectivity index (χ1) is 11.0. The highest BCUT2D eigenvalue weighted by Gasteiger charge is 2.18. The number of benzene rings is 1. The van der Waals surface area contributed by atoms with Gasteiger partial charge >= 0.3 is 0 Å². The molecule has 0 aliphatic carbocycles. The smallest absolute Gasteiger partial charge is 0.242 e. The van der Waals surface area contributed by atoms with Gasteiger partial charge in [0.25, 0.3) is 0 Å². The third-order valence-electron chi connectivity index (χ3n) is 3.28. The van der Waals surface area contributed by atoms with Gasteiger partial charge < -0.3 is 0 Å². The molecule has 122 valence electrons. The lowest BCUT2D eigenvalue weighted by Crippen LogP contribution is -2.25. The fourth-order valence-electron chi connectivity index (χ4n) is 2.13. The van der Waals surface area contributed by atoms with E-state index < -0.39 is 10.0 Å². The third kappa shape index (κ3) is 3.60. The number of sulfonamides is 1. The van der Waals surface area contributed by atoms with Crippen LogP contribution in [0.15, 0.2) is 33.8 Å². The average molecular weight is 416 g/mol. The molecule has 0 aliphatic heterocycles. The van der Waals surface area contributed by atoms with Crippen molar-refractivity contribution in [3.63, 3.8) is 0 Å². The molecule has 0 fully saturated rings. The van der Waals surface area contributed by atoms with E-state index in [1.54, 1.807) is 22.9 Å². The lowest BCUT2D eigenvalue weighted by molar-refractivity contribution is 0.551. The maximum Gasteiger partial charge on any atom is 0.242 e. The summed E-state index contributed by atoms with van der Waals surface area (Å²) in [6.45, 7) is 2.87. The fourth-order valence-corrected chi connectivity index (χ4v) is 4.29. The van der Waals surface area contributed by atoms with E-state index in [2.05, 4.69) is 34.5 Å². The molecule has 0 bridgehead atoms. The van der Waals surface area contributed by atoms with Gasteiger partial charge in [0.1, 0.15) is 15.9 Å². The highest BCUT2D eigenvalue weighted by molar-refractivity contribution is 9.10. The van der Waals surface area contributed by atoms with Gasteiger partial charge in [-0.25, -0.2) is 13.1 Å². The number of nitrogens with zero attached hydrogens (tertiary/aromatic N) is 4. The Balaban J connectivity index is 1.64. The van der Waals surface area contributed by atoms with Crippen molar-refractivity contribution in [1.29, 1.82) is 0 Å². The molecule has 0 spiro atoms. The van der Waals surface area contributed by atoms with Crippen LogP contribution >= 0.6 is 27.7 Å². The predicted octanol–water partition coefficient (Wildman–Crippen LogP) is 2.33. The summed E-state index contributed by atoms with van der Waals surface area (Å²) in [5, 5.41) is 4.31. The molecule has 0 radical (unpaired) electrons. The Hall–Kier alpha value is -1.36. The molecular formula is C13H14BrN5O2S2. The highest BCUT2D eigenvalue weighted by atomic mass is 79.9. The van der Waals surface area contributed by atoms with Gasteiger partial charge in [-0.1, -0.05) is 6.07 Å². The van der Waals surface area contributed by atoms with Crippen LogP contribution in [0.25, 0.3) is 11.0 Å². The van der Waals surface area contributed by atoms with Gasteiger partial charge in [-0.3, -0.25) is 4.68 Å². The molecule has 2 heterocycles. The molecule has 10 heteroatoms. The Morgan fingerprint density at radius 3 is 2.91 bits per heavy atom. The van der Waals surface area contributed by atoms with Gasteiger partial charge in [0.05, 0.1) is 21.9 Å². The normalized spacial score (nSPS) is 12.1. The van der Waals surface area contributed by atoms with Crippen LogP contribution in [0, 0.1) is 6.92 Å². The second-order valence-electron chi connectivity index (χ2n) is 4.96. The first-order valence-electron chi connectivity index (χ1n) is 6.88. The summed E-state index contributed by atoms with van der Waals surface area (Å²) in [7, 11) is -3.60. The lowest BCUT2D eigenvalue weighted by Gasteiger charge is -2.07. The summed E-state index contributed by atoms with van der Waals surface area (Å²) < 4.78 is 38.3. The third-order valence-corrected chi connectivity index (χ3v) is 6.09. The molecule has 23 heavy (non-hydrogen) atoms. The van der Waals surface area contributed by atoms with Crippen LogP contribution in [-0.4, -0.2) is 33.5 Å². The van der Waals surface area contributed by atoms with Gasteiger partial charge in [-0.15, -0.1) is 0 Å². The zero-order valence-electron chi connectivity index (χ0n) is 12.2. The molecule has 1 N–H and O–H groups in total. The number of hydrogen-bond acceptors (Lipinski definition) is 6. The number of halogens is 1. The maximum absolute atomic E-state index is 12.4. The summed E-state index contributed by atoms with van der Waals surface area (Å²) in [4.78, 5) is 0.168. The molecule has 2 aromatic heterocycles. The lowest BCUT2D eigenvalue weighted by atomic mass is 10.3. The van der Waals surface area contributed by atoms with Crippen LogP contribution in [0.3, 0.4) is 0 Å². The van der Waals surface area contributed by atoms with Crippen LogP contribution in [0.1, 0.15) is 12.1 Å². The van der Waals surface area contributed by atoms with E-state index >= 15 is 0 Å². The highest BCUT2D eigenvalue weighted by Crippen LogP contribution is 2.20. The fraction of sp³-hybridized carbons (Fsp3) is 0.308.